The Morgan fingerprint density at radius 2 is 1.94 bits per heavy atom. The van der Waals surface area contributed by atoms with Crippen molar-refractivity contribution in [3.8, 4) is 0 Å². The summed E-state index contributed by atoms with van der Waals surface area (Å²) in [5.41, 5.74) is 0.215. The fourth-order valence-electron chi connectivity index (χ4n) is 1.28. The number of amides is 2. The summed E-state index contributed by atoms with van der Waals surface area (Å²) in [6.07, 6.45) is 0.205. The third kappa shape index (κ3) is 4.78. The molecule has 0 aliphatic heterocycles. The standard InChI is InChI=1S/C11H14F2N2O2/c12-9-1-2-10(13)8(7-9)3-4-14-11(17)15-5-6-16/h1-2,7,16H,3-6H2,(H2,14,15,17). The van der Waals surface area contributed by atoms with Crippen LogP contribution in [0.4, 0.5) is 13.6 Å². The molecule has 6 heteroatoms. The minimum absolute atomic E-state index is 0.147. The van der Waals surface area contributed by atoms with Crippen molar-refractivity contribution >= 4 is 6.03 Å². The van der Waals surface area contributed by atoms with Crippen LogP contribution in [0.15, 0.2) is 18.2 Å². The molecule has 2 amide bonds. The van der Waals surface area contributed by atoms with Gasteiger partial charge < -0.3 is 15.7 Å². The van der Waals surface area contributed by atoms with Gasteiger partial charge in [0.05, 0.1) is 6.61 Å². The van der Waals surface area contributed by atoms with Gasteiger partial charge in [-0.05, 0) is 30.2 Å². The molecule has 0 aliphatic rings. The Hall–Kier alpha value is -1.69. The van der Waals surface area contributed by atoms with Crippen molar-refractivity contribution in [1.82, 2.24) is 10.6 Å². The zero-order chi connectivity index (χ0) is 12.7. The Kier molecular flexibility index (Phi) is 5.35. The molecule has 4 nitrogen and oxygen atoms in total. The molecule has 0 saturated carbocycles. The van der Waals surface area contributed by atoms with Crippen LogP contribution < -0.4 is 10.6 Å². The third-order valence-corrected chi connectivity index (χ3v) is 2.09. The molecule has 0 atom stereocenters. The van der Waals surface area contributed by atoms with Gasteiger partial charge in [0.15, 0.2) is 0 Å². The monoisotopic (exact) mass is 244 g/mol. The Bertz CT molecular complexity index is 386. The molecule has 1 aromatic rings. The van der Waals surface area contributed by atoms with Gasteiger partial charge in [-0.2, -0.15) is 0 Å². The molecule has 0 heterocycles. The second-order valence-electron chi connectivity index (χ2n) is 3.39. The van der Waals surface area contributed by atoms with Crippen LogP contribution in [0, 0.1) is 11.6 Å². The lowest BCUT2D eigenvalue weighted by Gasteiger charge is -2.07. The molecule has 1 aromatic carbocycles. The number of rotatable bonds is 5. The number of hydrogen-bond donors (Lipinski definition) is 3. The zero-order valence-electron chi connectivity index (χ0n) is 9.17. The minimum atomic E-state index is -0.508. The number of benzene rings is 1. The Morgan fingerprint density at radius 3 is 2.65 bits per heavy atom. The van der Waals surface area contributed by atoms with E-state index in [2.05, 4.69) is 10.6 Å². The maximum atomic E-state index is 13.2. The maximum absolute atomic E-state index is 13.2. The van der Waals surface area contributed by atoms with Crippen molar-refractivity contribution in [2.45, 2.75) is 6.42 Å². The SMILES string of the molecule is O=C(NCCO)NCCc1cc(F)ccc1F. The van der Waals surface area contributed by atoms with E-state index in [1.165, 1.54) is 0 Å². The van der Waals surface area contributed by atoms with E-state index in [0.29, 0.717) is 0 Å². The molecule has 3 N–H and O–H groups in total. The fraction of sp³-hybridized carbons (Fsp3) is 0.364. The van der Waals surface area contributed by atoms with Gasteiger partial charge in [-0.15, -0.1) is 0 Å². The van der Waals surface area contributed by atoms with E-state index in [1.54, 1.807) is 0 Å². The summed E-state index contributed by atoms with van der Waals surface area (Å²) >= 11 is 0. The van der Waals surface area contributed by atoms with E-state index in [1.807, 2.05) is 0 Å². The molecule has 94 valence electrons. The highest BCUT2D eigenvalue weighted by molar-refractivity contribution is 5.73. The highest BCUT2D eigenvalue weighted by Gasteiger charge is 2.04. The number of hydrogen-bond acceptors (Lipinski definition) is 2. The molecule has 17 heavy (non-hydrogen) atoms. The molecule has 0 fully saturated rings. The largest absolute Gasteiger partial charge is 0.395 e. The predicted molar refractivity (Wildman–Crippen MR) is 58.5 cm³/mol. The normalized spacial score (nSPS) is 10.1. The van der Waals surface area contributed by atoms with E-state index in [0.717, 1.165) is 18.2 Å². The van der Waals surface area contributed by atoms with E-state index < -0.39 is 17.7 Å². The van der Waals surface area contributed by atoms with Crippen LogP contribution in [0.5, 0.6) is 0 Å². The van der Waals surface area contributed by atoms with Gasteiger partial charge in [0.25, 0.3) is 0 Å². The molecule has 0 bridgehead atoms. The van der Waals surface area contributed by atoms with Crippen LogP contribution in [0.1, 0.15) is 5.56 Å². The Morgan fingerprint density at radius 1 is 1.24 bits per heavy atom. The van der Waals surface area contributed by atoms with Gasteiger partial charge in [-0.1, -0.05) is 0 Å². The second-order valence-corrected chi connectivity index (χ2v) is 3.39. The summed E-state index contributed by atoms with van der Waals surface area (Å²) < 4.78 is 26.0. The summed E-state index contributed by atoms with van der Waals surface area (Å²) in [6, 6.07) is 2.75. The highest BCUT2D eigenvalue weighted by atomic mass is 19.1. The molecule has 1 rings (SSSR count). The summed E-state index contributed by atoms with van der Waals surface area (Å²) in [4.78, 5) is 11.0. The fourth-order valence-corrected chi connectivity index (χ4v) is 1.28. The molecular weight excluding hydrogens is 230 g/mol. The Balaban J connectivity index is 2.35. The number of urea groups is 1. The summed E-state index contributed by atoms with van der Waals surface area (Å²) in [5.74, 6) is -1.00. The van der Waals surface area contributed by atoms with Gasteiger partial charge in [0, 0.05) is 13.1 Å². The average molecular weight is 244 g/mol. The van der Waals surface area contributed by atoms with E-state index in [9.17, 15) is 13.6 Å². The Labute approximate surface area is 97.6 Å². The number of aliphatic hydroxyl groups excluding tert-OH is 1. The summed E-state index contributed by atoms with van der Waals surface area (Å²) in [6.45, 7) is 0.198. The summed E-state index contributed by atoms with van der Waals surface area (Å²) in [7, 11) is 0. The number of halogens is 2. The van der Waals surface area contributed by atoms with Crippen LogP contribution in [0.3, 0.4) is 0 Å². The topological polar surface area (TPSA) is 61.4 Å². The van der Waals surface area contributed by atoms with E-state index in [4.69, 9.17) is 5.11 Å². The van der Waals surface area contributed by atoms with Crippen molar-refractivity contribution in [2.75, 3.05) is 19.7 Å². The lowest BCUT2D eigenvalue weighted by Crippen LogP contribution is -2.38. The smallest absolute Gasteiger partial charge is 0.314 e. The first kappa shape index (κ1) is 13.4. The molecule has 0 radical (unpaired) electrons. The van der Waals surface area contributed by atoms with Crippen LogP contribution in [0.25, 0.3) is 0 Å². The molecule has 0 saturated heterocycles. The van der Waals surface area contributed by atoms with Crippen LogP contribution in [-0.2, 0) is 6.42 Å². The van der Waals surface area contributed by atoms with Crippen molar-refractivity contribution in [1.29, 1.82) is 0 Å². The van der Waals surface area contributed by atoms with Crippen molar-refractivity contribution < 1.29 is 18.7 Å². The highest BCUT2D eigenvalue weighted by Crippen LogP contribution is 2.09. The van der Waals surface area contributed by atoms with Crippen molar-refractivity contribution in [3.63, 3.8) is 0 Å². The van der Waals surface area contributed by atoms with Crippen LogP contribution >= 0.6 is 0 Å². The van der Waals surface area contributed by atoms with Crippen molar-refractivity contribution in [2.24, 2.45) is 0 Å². The predicted octanol–water partition coefficient (Wildman–Crippen LogP) is 0.799. The summed E-state index contributed by atoms with van der Waals surface area (Å²) in [5, 5.41) is 13.3. The van der Waals surface area contributed by atoms with Gasteiger partial charge in [-0.25, -0.2) is 13.6 Å². The van der Waals surface area contributed by atoms with Crippen LogP contribution in [0.2, 0.25) is 0 Å². The number of carbonyl (C=O) groups excluding carboxylic acids is 1. The molecule has 0 spiro atoms. The van der Waals surface area contributed by atoms with Gasteiger partial charge in [0.2, 0.25) is 0 Å². The third-order valence-electron chi connectivity index (χ3n) is 2.09. The zero-order valence-corrected chi connectivity index (χ0v) is 9.17. The minimum Gasteiger partial charge on any atom is -0.395 e. The van der Waals surface area contributed by atoms with Gasteiger partial charge >= 0.3 is 6.03 Å². The number of aliphatic hydroxyl groups is 1. The van der Waals surface area contributed by atoms with Gasteiger partial charge in [0.1, 0.15) is 11.6 Å². The first-order valence-corrected chi connectivity index (χ1v) is 5.20. The second kappa shape index (κ2) is 6.80. The lowest BCUT2D eigenvalue weighted by molar-refractivity contribution is 0.234. The van der Waals surface area contributed by atoms with Gasteiger partial charge in [-0.3, -0.25) is 0 Å². The molecule has 0 aromatic heterocycles. The lowest BCUT2D eigenvalue weighted by atomic mass is 10.1. The van der Waals surface area contributed by atoms with Crippen molar-refractivity contribution in [3.05, 3.63) is 35.4 Å². The molecular formula is C11H14F2N2O2. The quantitative estimate of drug-likeness (QED) is 0.717. The number of nitrogens with one attached hydrogen (secondary N) is 2. The van der Waals surface area contributed by atoms with E-state index >= 15 is 0 Å². The average Bonchev–Trinajstić information content (AvgIpc) is 2.31. The molecule has 0 unspecified atom stereocenters. The first-order valence-electron chi connectivity index (χ1n) is 5.20. The van der Waals surface area contributed by atoms with E-state index in [-0.39, 0.29) is 31.7 Å². The number of carbonyl (C=O) groups is 1. The molecule has 0 aliphatic carbocycles. The maximum Gasteiger partial charge on any atom is 0.314 e. The first-order chi connectivity index (χ1) is 8.13. The van der Waals surface area contributed by atoms with Crippen LogP contribution in [-0.4, -0.2) is 30.8 Å².